The van der Waals surface area contributed by atoms with Gasteiger partial charge in [-0.1, -0.05) is 11.6 Å². The highest BCUT2D eigenvalue weighted by molar-refractivity contribution is 6.36. The summed E-state index contributed by atoms with van der Waals surface area (Å²) in [7, 11) is 1.98. The molecule has 5 rings (SSSR count). The fourth-order valence-electron chi connectivity index (χ4n) is 3.76. The minimum Gasteiger partial charge on any atom is -0.399 e. The van der Waals surface area contributed by atoms with Gasteiger partial charge in [0.05, 0.1) is 22.6 Å². The van der Waals surface area contributed by atoms with Crippen LogP contribution in [-0.4, -0.2) is 51.8 Å². The van der Waals surface area contributed by atoms with E-state index in [1.165, 1.54) is 0 Å². The Hall–Kier alpha value is -2.98. The Morgan fingerprint density at radius 2 is 2.00 bits per heavy atom. The molecule has 2 aromatic heterocycles. The molecule has 3 aromatic rings. The van der Waals surface area contributed by atoms with Crippen molar-refractivity contribution in [1.29, 1.82) is 0 Å². The molecule has 0 bridgehead atoms. The van der Waals surface area contributed by atoms with E-state index in [1.807, 2.05) is 13.1 Å². The number of halogens is 1. The van der Waals surface area contributed by atoms with Crippen LogP contribution in [0.15, 0.2) is 18.3 Å². The molecule has 30 heavy (non-hydrogen) atoms. The second kappa shape index (κ2) is 7.37. The lowest BCUT2D eigenvalue weighted by molar-refractivity contribution is 0.617. The van der Waals surface area contributed by atoms with E-state index in [4.69, 9.17) is 23.1 Å². The summed E-state index contributed by atoms with van der Waals surface area (Å²) in [5, 5.41) is 15.0. The average molecular weight is 429 g/mol. The molecule has 2 aliphatic rings. The molecular weight excluding hydrogens is 404 g/mol. The Kier molecular flexibility index (Phi) is 4.67. The van der Waals surface area contributed by atoms with Gasteiger partial charge in [0.15, 0.2) is 11.5 Å². The Morgan fingerprint density at radius 3 is 2.73 bits per heavy atom. The number of nitrogens with two attached hydrogens (primary N) is 2. The maximum atomic E-state index is 6.77. The number of rotatable bonds is 6. The molecule has 1 aliphatic heterocycles. The Morgan fingerprint density at radius 1 is 1.17 bits per heavy atom. The fraction of sp³-hybridized carbons (Fsp3) is 0.421. The van der Waals surface area contributed by atoms with Crippen molar-refractivity contribution >= 4 is 51.9 Å². The number of fused-ring (bicyclic) bond motifs is 1. The van der Waals surface area contributed by atoms with Crippen molar-refractivity contribution in [3.05, 3.63) is 23.4 Å². The number of benzene rings is 1. The molecular formula is C19H25ClN10. The van der Waals surface area contributed by atoms with E-state index in [9.17, 15) is 0 Å². The van der Waals surface area contributed by atoms with Crippen LogP contribution in [0.1, 0.15) is 19.3 Å². The summed E-state index contributed by atoms with van der Waals surface area (Å²) in [6.07, 6.45) is 4.86. The number of nitrogens with zero attached hydrogens (tertiary/aromatic N) is 5. The molecule has 0 radical (unpaired) electrons. The van der Waals surface area contributed by atoms with Gasteiger partial charge in [-0.25, -0.2) is 4.98 Å². The van der Waals surface area contributed by atoms with Crippen LogP contribution in [0.3, 0.4) is 0 Å². The smallest absolute Gasteiger partial charge is 0.247 e. The van der Waals surface area contributed by atoms with E-state index in [1.54, 1.807) is 16.8 Å². The van der Waals surface area contributed by atoms with Gasteiger partial charge in [0.2, 0.25) is 5.95 Å². The molecule has 11 heteroatoms. The van der Waals surface area contributed by atoms with Crippen molar-refractivity contribution in [2.75, 3.05) is 47.1 Å². The highest BCUT2D eigenvalue weighted by atomic mass is 35.5. The number of hydrogen-bond acceptors (Lipinski definition) is 9. The zero-order valence-corrected chi connectivity index (χ0v) is 17.4. The number of likely N-dealkylation sites (N-methyl/N-ethyl adjacent to an activating group) is 1. The minimum atomic E-state index is 0.364. The molecule has 2 fully saturated rings. The molecule has 0 amide bonds. The number of nitrogens with one attached hydrogen (secondary N) is 3. The van der Waals surface area contributed by atoms with Gasteiger partial charge in [0, 0.05) is 30.9 Å². The summed E-state index contributed by atoms with van der Waals surface area (Å²) in [6.45, 7) is 1.79. The number of hydrogen-bond donors (Lipinski definition) is 5. The highest BCUT2D eigenvalue weighted by Gasteiger charge is 2.26. The van der Waals surface area contributed by atoms with Gasteiger partial charge < -0.3 is 32.3 Å². The van der Waals surface area contributed by atoms with Crippen LogP contribution in [0.5, 0.6) is 0 Å². The van der Waals surface area contributed by atoms with Gasteiger partial charge in [-0.2, -0.15) is 9.50 Å². The van der Waals surface area contributed by atoms with Crippen molar-refractivity contribution in [1.82, 2.24) is 24.9 Å². The molecule has 1 unspecified atom stereocenters. The van der Waals surface area contributed by atoms with Crippen molar-refractivity contribution in [3.63, 3.8) is 0 Å². The predicted molar refractivity (Wildman–Crippen MR) is 121 cm³/mol. The first-order valence-corrected chi connectivity index (χ1v) is 10.5. The number of aromatic nitrogens is 4. The standard InChI is InChI=1S/C19H25ClN10/c1-23-12-4-5-29(9-12)14-7-10(21)6-13(16(14)20)26-19-27-17(25-11-2-3-11)18-24-8-15(22)30(18)28-19/h6-8,11-12,23H,2-5,9,21-22H2,1H3,(H2,25,26,27,28). The number of nitrogen functional groups attached to an aromatic ring is 2. The quantitative estimate of drug-likeness (QED) is 0.374. The first kappa shape index (κ1) is 19.0. The van der Waals surface area contributed by atoms with Gasteiger partial charge >= 0.3 is 0 Å². The maximum absolute atomic E-state index is 6.77. The molecule has 0 spiro atoms. The van der Waals surface area contributed by atoms with Gasteiger partial charge in [0.25, 0.3) is 0 Å². The Bertz CT molecular complexity index is 1090. The Labute approximate surface area is 179 Å². The van der Waals surface area contributed by atoms with E-state index >= 15 is 0 Å². The molecule has 1 saturated carbocycles. The second-order valence-corrected chi connectivity index (χ2v) is 8.25. The molecule has 158 valence electrons. The van der Waals surface area contributed by atoms with Gasteiger partial charge in [-0.15, -0.1) is 5.10 Å². The normalized spacial score (nSPS) is 18.9. The third-order valence-corrected chi connectivity index (χ3v) is 5.96. The van der Waals surface area contributed by atoms with E-state index in [-0.39, 0.29) is 0 Å². The minimum absolute atomic E-state index is 0.364. The summed E-state index contributed by atoms with van der Waals surface area (Å²) in [5.74, 6) is 1.44. The SMILES string of the molecule is CNC1CCN(c2cc(N)cc(Nc3nc(NC4CC4)c4ncc(N)n4n3)c2Cl)C1. The summed E-state index contributed by atoms with van der Waals surface area (Å²) in [4.78, 5) is 11.2. The lowest BCUT2D eigenvalue weighted by Crippen LogP contribution is -2.29. The summed E-state index contributed by atoms with van der Waals surface area (Å²) in [6, 6.07) is 4.54. The number of imidazole rings is 1. The lowest BCUT2D eigenvalue weighted by Gasteiger charge is -2.22. The van der Waals surface area contributed by atoms with Crippen molar-refractivity contribution < 1.29 is 0 Å². The third kappa shape index (κ3) is 3.52. The number of anilines is 6. The van der Waals surface area contributed by atoms with Gasteiger partial charge in [-0.3, -0.25) is 0 Å². The molecule has 1 aliphatic carbocycles. The predicted octanol–water partition coefficient (Wildman–Crippen LogP) is 2.06. The van der Waals surface area contributed by atoms with E-state index in [0.717, 1.165) is 38.0 Å². The molecule has 7 N–H and O–H groups in total. The molecule has 1 aromatic carbocycles. The maximum Gasteiger partial charge on any atom is 0.247 e. The highest BCUT2D eigenvalue weighted by Crippen LogP contribution is 2.38. The molecule has 1 saturated heterocycles. The van der Waals surface area contributed by atoms with Crippen LogP contribution in [0.4, 0.5) is 34.6 Å². The molecule has 10 nitrogen and oxygen atoms in total. The first-order valence-electron chi connectivity index (χ1n) is 10.1. The fourth-order valence-corrected chi connectivity index (χ4v) is 4.03. The zero-order chi connectivity index (χ0) is 20.8. The molecule has 3 heterocycles. The van der Waals surface area contributed by atoms with Crippen LogP contribution in [0.25, 0.3) is 5.65 Å². The summed E-state index contributed by atoms with van der Waals surface area (Å²) in [5.41, 5.74) is 15.0. The van der Waals surface area contributed by atoms with Gasteiger partial charge in [0.1, 0.15) is 5.82 Å². The van der Waals surface area contributed by atoms with Crippen LogP contribution in [0.2, 0.25) is 5.02 Å². The topological polar surface area (TPSA) is 134 Å². The summed E-state index contributed by atoms with van der Waals surface area (Å²) < 4.78 is 1.57. The van der Waals surface area contributed by atoms with Crippen LogP contribution in [-0.2, 0) is 0 Å². The van der Waals surface area contributed by atoms with Crippen molar-refractivity contribution in [3.8, 4) is 0 Å². The molecule has 1 atom stereocenters. The van der Waals surface area contributed by atoms with Crippen LogP contribution < -0.4 is 32.3 Å². The first-order chi connectivity index (χ1) is 14.5. The second-order valence-electron chi connectivity index (χ2n) is 7.87. The lowest BCUT2D eigenvalue weighted by atomic mass is 10.2. The monoisotopic (exact) mass is 428 g/mol. The Balaban J connectivity index is 1.49. The largest absolute Gasteiger partial charge is 0.399 e. The van der Waals surface area contributed by atoms with Crippen LogP contribution in [0, 0.1) is 0 Å². The van der Waals surface area contributed by atoms with E-state index in [2.05, 4.69) is 35.9 Å². The third-order valence-electron chi connectivity index (χ3n) is 5.57. The average Bonchev–Trinajstić information content (AvgIpc) is 3.27. The zero-order valence-electron chi connectivity index (χ0n) is 16.7. The van der Waals surface area contributed by atoms with Crippen molar-refractivity contribution in [2.24, 2.45) is 0 Å². The summed E-state index contributed by atoms with van der Waals surface area (Å²) >= 11 is 6.77. The van der Waals surface area contributed by atoms with E-state index < -0.39 is 0 Å². The van der Waals surface area contributed by atoms with Crippen LogP contribution >= 0.6 is 11.6 Å². The van der Waals surface area contributed by atoms with E-state index in [0.29, 0.717) is 51.7 Å². The van der Waals surface area contributed by atoms with Crippen molar-refractivity contribution in [2.45, 2.75) is 31.3 Å². The van der Waals surface area contributed by atoms with Gasteiger partial charge in [-0.05, 0) is 38.4 Å².